The maximum absolute atomic E-state index is 12.3. The van der Waals surface area contributed by atoms with Gasteiger partial charge in [-0.15, -0.1) is 11.6 Å². The number of nitrogens with zero attached hydrogens (tertiary/aromatic N) is 2. The molecule has 1 heterocycles. The standard InChI is InChI=1S/C13H15ClN2O4/c1-20-12-3-2-10(6-11(12)16(18)19)13(17)15-5-4-9(7-14)8-15/h2-3,6,9H,4-5,7-8H2,1H3. The third kappa shape index (κ3) is 2.85. The van der Waals surface area contributed by atoms with Crippen LogP contribution in [0.2, 0.25) is 0 Å². The third-order valence-electron chi connectivity index (χ3n) is 3.41. The number of methoxy groups -OCH3 is 1. The smallest absolute Gasteiger partial charge is 0.311 e. The van der Waals surface area contributed by atoms with Gasteiger partial charge in [0.2, 0.25) is 0 Å². The van der Waals surface area contributed by atoms with Crippen LogP contribution in [0.1, 0.15) is 16.8 Å². The third-order valence-corrected chi connectivity index (χ3v) is 3.85. The highest BCUT2D eigenvalue weighted by Gasteiger charge is 2.27. The number of nitro benzene ring substituents is 1. The van der Waals surface area contributed by atoms with E-state index in [1.165, 1.54) is 19.2 Å². The SMILES string of the molecule is COc1ccc(C(=O)N2CCC(CCl)C2)cc1[N+](=O)[O-]. The monoisotopic (exact) mass is 298 g/mol. The van der Waals surface area contributed by atoms with E-state index in [0.717, 1.165) is 6.42 Å². The number of hydrogen-bond donors (Lipinski definition) is 0. The van der Waals surface area contributed by atoms with E-state index in [0.29, 0.717) is 30.5 Å². The fourth-order valence-electron chi connectivity index (χ4n) is 2.29. The van der Waals surface area contributed by atoms with Gasteiger partial charge >= 0.3 is 5.69 Å². The van der Waals surface area contributed by atoms with Gasteiger partial charge in [0.05, 0.1) is 12.0 Å². The summed E-state index contributed by atoms with van der Waals surface area (Å²) in [7, 11) is 1.36. The van der Waals surface area contributed by atoms with Crippen molar-refractivity contribution < 1.29 is 14.5 Å². The first-order chi connectivity index (χ1) is 9.56. The van der Waals surface area contributed by atoms with Crippen LogP contribution in [0.5, 0.6) is 5.75 Å². The van der Waals surface area contributed by atoms with Crippen molar-refractivity contribution in [1.29, 1.82) is 0 Å². The number of alkyl halides is 1. The highest BCUT2D eigenvalue weighted by atomic mass is 35.5. The maximum Gasteiger partial charge on any atom is 0.311 e. The van der Waals surface area contributed by atoms with Crippen LogP contribution in [0.15, 0.2) is 18.2 Å². The highest BCUT2D eigenvalue weighted by molar-refractivity contribution is 6.18. The molecule has 0 aromatic heterocycles. The van der Waals surface area contributed by atoms with Gasteiger partial charge in [0, 0.05) is 30.6 Å². The van der Waals surface area contributed by atoms with E-state index in [-0.39, 0.29) is 17.3 Å². The fourth-order valence-corrected chi connectivity index (χ4v) is 2.54. The summed E-state index contributed by atoms with van der Waals surface area (Å²) in [4.78, 5) is 24.4. The van der Waals surface area contributed by atoms with Crippen LogP contribution < -0.4 is 4.74 Å². The normalized spacial score (nSPS) is 18.1. The fraction of sp³-hybridized carbons (Fsp3) is 0.462. The number of likely N-dealkylation sites (tertiary alicyclic amines) is 1. The van der Waals surface area contributed by atoms with Crippen LogP contribution in [0.4, 0.5) is 5.69 Å². The quantitative estimate of drug-likeness (QED) is 0.486. The number of carbonyl (C=O) groups excluding carboxylic acids is 1. The van der Waals surface area contributed by atoms with Crippen molar-refractivity contribution in [2.24, 2.45) is 5.92 Å². The second kappa shape index (κ2) is 6.09. The van der Waals surface area contributed by atoms with Gasteiger partial charge < -0.3 is 9.64 Å². The Morgan fingerprint density at radius 1 is 1.60 bits per heavy atom. The Morgan fingerprint density at radius 2 is 2.35 bits per heavy atom. The molecule has 1 atom stereocenters. The van der Waals surface area contributed by atoms with Crippen molar-refractivity contribution in [2.45, 2.75) is 6.42 Å². The van der Waals surface area contributed by atoms with Gasteiger partial charge in [-0.1, -0.05) is 0 Å². The summed E-state index contributed by atoms with van der Waals surface area (Å²) in [6.45, 7) is 1.23. The number of halogens is 1. The van der Waals surface area contributed by atoms with Crippen LogP contribution in [0.3, 0.4) is 0 Å². The number of nitro groups is 1. The lowest BCUT2D eigenvalue weighted by Crippen LogP contribution is -2.28. The van der Waals surface area contributed by atoms with Crippen LogP contribution in [-0.4, -0.2) is 41.8 Å². The minimum absolute atomic E-state index is 0.145. The molecule has 0 spiro atoms. The molecular formula is C13H15ClN2O4. The number of ether oxygens (including phenoxy) is 1. The summed E-state index contributed by atoms with van der Waals surface area (Å²) in [5.74, 6) is 0.760. The molecule has 1 aliphatic rings. The number of rotatable bonds is 4. The first-order valence-corrected chi connectivity index (χ1v) is 6.78. The van der Waals surface area contributed by atoms with Gasteiger partial charge in [0.15, 0.2) is 5.75 Å². The van der Waals surface area contributed by atoms with Crippen molar-refractivity contribution in [3.05, 3.63) is 33.9 Å². The molecule has 0 N–H and O–H groups in total. The molecule has 1 fully saturated rings. The first kappa shape index (κ1) is 14.6. The van der Waals surface area contributed by atoms with Gasteiger partial charge in [-0.3, -0.25) is 14.9 Å². The van der Waals surface area contributed by atoms with E-state index >= 15 is 0 Å². The van der Waals surface area contributed by atoms with E-state index in [1.807, 2.05) is 0 Å². The minimum Gasteiger partial charge on any atom is -0.490 e. The van der Waals surface area contributed by atoms with Crippen LogP contribution >= 0.6 is 11.6 Å². The summed E-state index contributed by atoms with van der Waals surface area (Å²) in [5.41, 5.74) is 0.0964. The molecule has 0 saturated carbocycles. The lowest BCUT2D eigenvalue weighted by Gasteiger charge is -2.16. The second-order valence-corrected chi connectivity index (χ2v) is 5.01. The molecule has 1 aromatic carbocycles. The average Bonchev–Trinajstić information content (AvgIpc) is 2.94. The predicted octanol–water partition coefficient (Wildman–Crippen LogP) is 2.30. The number of amides is 1. The number of carbonyl (C=O) groups is 1. The first-order valence-electron chi connectivity index (χ1n) is 6.24. The molecule has 7 heteroatoms. The van der Waals surface area contributed by atoms with Crippen molar-refractivity contribution in [1.82, 2.24) is 4.90 Å². The van der Waals surface area contributed by atoms with Crippen molar-refractivity contribution in [3.63, 3.8) is 0 Å². The second-order valence-electron chi connectivity index (χ2n) is 4.70. The zero-order valence-electron chi connectivity index (χ0n) is 11.0. The summed E-state index contributed by atoms with van der Waals surface area (Å²) < 4.78 is 4.92. The summed E-state index contributed by atoms with van der Waals surface area (Å²) >= 11 is 5.79. The van der Waals surface area contributed by atoms with Crippen molar-refractivity contribution in [2.75, 3.05) is 26.1 Å². The maximum atomic E-state index is 12.3. The predicted molar refractivity (Wildman–Crippen MR) is 74.4 cm³/mol. The molecule has 1 aromatic rings. The van der Waals surface area contributed by atoms with Crippen LogP contribution in [-0.2, 0) is 0 Å². The molecule has 2 rings (SSSR count). The topological polar surface area (TPSA) is 72.7 Å². The highest BCUT2D eigenvalue weighted by Crippen LogP contribution is 2.29. The molecule has 6 nitrogen and oxygen atoms in total. The minimum atomic E-state index is -0.554. The molecule has 1 amide bonds. The Balaban J connectivity index is 2.23. The molecule has 1 saturated heterocycles. The Kier molecular flexibility index (Phi) is 4.44. The summed E-state index contributed by atoms with van der Waals surface area (Å²) in [6.07, 6.45) is 0.869. The molecule has 20 heavy (non-hydrogen) atoms. The number of hydrogen-bond acceptors (Lipinski definition) is 4. The Labute approximate surface area is 121 Å². The van der Waals surface area contributed by atoms with Crippen molar-refractivity contribution >= 4 is 23.2 Å². The lowest BCUT2D eigenvalue weighted by atomic mass is 10.1. The molecule has 1 aliphatic heterocycles. The van der Waals surface area contributed by atoms with Gasteiger partial charge in [-0.2, -0.15) is 0 Å². The molecule has 1 unspecified atom stereocenters. The van der Waals surface area contributed by atoms with E-state index in [2.05, 4.69) is 0 Å². The molecule has 0 aliphatic carbocycles. The van der Waals surface area contributed by atoms with E-state index in [4.69, 9.17) is 16.3 Å². The van der Waals surface area contributed by atoms with Gasteiger partial charge in [-0.25, -0.2) is 0 Å². The molecule has 0 radical (unpaired) electrons. The largest absolute Gasteiger partial charge is 0.490 e. The summed E-state index contributed by atoms with van der Waals surface area (Å²) in [5, 5.41) is 11.0. The van der Waals surface area contributed by atoms with E-state index in [1.54, 1.807) is 11.0 Å². The number of benzene rings is 1. The van der Waals surface area contributed by atoms with Crippen molar-refractivity contribution in [3.8, 4) is 5.75 Å². The zero-order valence-corrected chi connectivity index (χ0v) is 11.8. The van der Waals surface area contributed by atoms with Gasteiger partial charge in [-0.05, 0) is 24.5 Å². The summed E-state index contributed by atoms with van der Waals surface area (Å²) in [6, 6.07) is 4.25. The van der Waals surface area contributed by atoms with Crippen LogP contribution in [0.25, 0.3) is 0 Å². The Hall–Kier alpha value is -1.82. The molecular weight excluding hydrogens is 284 g/mol. The van der Waals surface area contributed by atoms with Gasteiger partial charge in [0.1, 0.15) is 0 Å². The van der Waals surface area contributed by atoms with Crippen LogP contribution in [0, 0.1) is 16.0 Å². The zero-order chi connectivity index (χ0) is 14.7. The van der Waals surface area contributed by atoms with E-state index < -0.39 is 4.92 Å². The lowest BCUT2D eigenvalue weighted by molar-refractivity contribution is -0.385. The average molecular weight is 299 g/mol. The Morgan fingerprint density at radius 3 is 2.90 bits per heavy atom. The molecule has 108 valence electrons. The Bertz CT molecular complexity index is 535. The van der Waals surface area contributed by atoms with E-state index in [9.17, 15) is 14.9 Å². The molecule has 0 bridgehead atoms. The van der Waals surface area contributed by atoms with Gasteiger partial charge in [0.25, 0.3) is 5.91 Å².